The molecule has 0 N–H and O–H groups in total. The van der Waals surface area contributed by atoms with Gasteiger partial charge < -0.3 is 9.16 Å². The molecule has 0 spiro atoms. The smallest absolute Gasteiger partial charge is 0.308 e. The predicted molar refractivity (Wildman–Crippen MR) is 103 cm³/mol. The molecule has 24 heavy (non-hydrogen) atoms. The van der Waals surface area contributed by atoms with Gasteiger partial charge in [0.2, 0.25) is 0 Å². The van der Waals surface area contributed by atoms with Crippen LogP contribution >= 0.6 is 0 Å². The molecule has 3 nitrogen and oxygen atoms in total. The SMILES string of the molecule is COC[C@@H]1CCCN1[Si](OC)(c1cccc2ccccc12)C(C)C. The molecule has 1 heterocycles. The van der Waals surface area contributed by atoms with Crippen LogP contribution in [0.1, 0.15) is 26.7 Å². The van der Waals surface area contributed by atoms with E-state index in [4.69, 9.17) is 9.16 Å². The molecule has 1 aliphatic heterocycles. The summed E-state index contributed by atoms with van der Waals surface area (Å²) in [5.74, 6) is 0. The van der Waals surface area contributed by atoms with E-state index >= 15 is 0 Å². The van der Waals surface area contributed by atoms with Crippen LogP contribution in [0.3, 0.4) is 0 Å². The molecule has 0 aromatic heterocycles. The van der Waals surface area contributed by atoms with Crippen LogP contribution in [-0.4, -0.2) is 46.5 Å². The Morgan fingerprint density at radius 1 is 1.12 bits per heavy atom. The van der Waals surface area contributed by atoms with Crippen LogP contribution in [0.15, 0.2) is 42.5 Å². The first kappa shape index (κ1) is 17.6. The molecule has 2 aromatic carbocycles. The zero-order chi connectivity index (χ0) is 17.2. The van der Waals surface area contributed by atoms with E-state index in [1.807, 2.05) is 7.11 Å². The Bertz CT molecular complexity index is 685. The predicted octanol–water partition coefficient (Wildman–Crippen LogP) is 3.66. The Hall–Kier alpha value is -1.20. The molecule has 0 radical (unpaired) electrons. The normalized spacial score (nSPS) is 21.5. The minimum Gasteiger partial charge on any atom is -0.403 e. The van der Waals surface area contributed by atoms with Crippen molar-refractivity contribution in [3.8, 4) is 0 Å². The molecule has 4 heteroatoms. The van der Waals surface area contributed by atoms with Gasteiger partial charge in [-0.25, -0.2) is 0 Å². The second-order valence-corrected chi connectivity index (χ2v) is 11.1. The first-order chi connectivity index (χ1) is 11.6. The Labute approximate surface area is 146 Å². The maximum atomic E-state index is 6.46. The summed E-state index contributed by atoms with van der Waals surface area (Å²) in [6.07, 6.45) is 2.42. The Morgan fingerprint density at radius 3 is 2.58 bits per heavy atom. The van der Waals surface area contributed by atoms with Gasteiger partial charge in [-0.3, -0.25) is 4.57 Å². The number of benzene rings is 2. The van der Waals surface area contributed by atoms with Gasteiger partial charge in [0.1, 0.15) is 0 Å². The monoisotopic (exact) mass is 343 g/mol. The van der Waals surface area contributed by atoms with Crippen molar-refractivity contribution >= 4 is 24.4 Å². The fourth-order valence-electron chi connectivity index (χ4n) is 4.44. The Balaban J connectivity index is 2.18. The van der Waals surface area contributed by atoms with Crippen molar-refractivity contribution in [1.29, 1.82) is 0 Å². The van der Waals surface area contributed by atoms with Crippen LogP contribution in [0.4, 0.5) is 0 Å². The summed E-state index contributed by atoms with van der Waals surface area (Å²) in [4.78, 5) is 0. The largest absolute Gasteiger partial charge is 0.403 e. The number of hydrogen-bond acceptors (Lipinski definition) is 3. The van der Waals surface area contributed by atoms with E-state index in [2.05, 4.69) is 60.9 Å². The average Bonchev–Trinajstić information content (AvgIpc) is 3.05. The molecule has 0 bridgehead atoms. The average molecular weight is 344 g/mol. The van der Waals surface area contributed by atoms with E-state index in [-0.39, 0.29) is 0 Å². The Kier molecular flexibility index (Phi) is 5.40. The van der Waals surface area contributed by atoms with E-state index in [1.165, 1.54) is 28.8 Å². The quantitative estimate of drug-likeness (QED) is 0.747. The molecule has 0 saturated carbocycles. The highest BCUT2D eigenvalue weighted by Crippen LogP contribution is 2.34. The van der Waals surface area contributed by atoms with Crippen molar-refractivity contribution < 1.29 is 9.16 Å². The third-order valence-corrected chi connectivity index (χ3v) is 10.3. The summed E-state index contributed by atoms with van der Waals surface area (Å²) in [5.41, 5.74) is 0.464. The number of ether oxygens (including phenoxy) is 1. The lowest BCUT2D eigenvalue weighted by molar-refractivity contribution is 0.135. The van der Waals surface area contributed by atoms with E-state index in [1.54, 1.807) is 7.11 Å². The maximum absolute atomic E-state index is 6.46. The van der Waals surface area contributed by atoms with Gasteiger partial charge in [0.15, 0.2) is 0 Å². The molecule has 3 rings (SSSR count). The third kappa shape index (κ3) is 2.82. The van der Waals surface area contributed by atoms with E-state index in [0.29, 0.717) is 11.6 Å². The van der Waals surface area contributed by atoms with Crippen molar-refractivity contribution in [2.45, 2.75) is 38.3 Å². The fourth-order valence-corrected chi connectivity index (χ4v) is 9.14. The third-order valence-electron chi connectivity index (χ3n) is 5.43. The first-order valence-corrected chi connectivity index (χ1v) is 10.9. The molecular weight excluding hydrogens is 314 g/mol. The number of fused-ring (bicyclic) bond motifs is 1. The van der Waals surface area contributed by atoms with E-state index in [9.17, 15) is 0 Å². The highest BCUT2D eigenvalue weighted by atomic mass is 28.4. The second kappa shape index (κ2) is 7.36. The highest BCUT2D eigenvalue weighted by Gasteiger charge is 2.51. The van der Waals surface area contributed by atoms with Crippen LogP contribution in [0.5, 0.6) is 0 Å². The maximum Gasteiger partial charge on any atom is 0.308 e. The second-order valence-electron chi connectivity index (χ2n) is 7.03. The van der Waals surface area contributed by atoms with Crippen LogP contribution < -0.4 is 5.19 Å². The number of methoxy groups -OCH3 is 1. The summed E-state index contributed by atoms with van der Waals surface area (Å²) >= 11 is 0. The summed E-state index contributed by atoms with van der Waals surface area (Å²) < 4.78 is 14.7. The summed E-state index contributed by atoms with van der Waals surface area (Å²) in [6.45, 7) is 6.53. The van der Waals surface area contributed by atoms with Gasteiger partial charge >= 0.3 is 8.48 Å². The minimum absolute atomic E-state index is 0.461. The molecule has 2 aromatic rings. The zero-order valence-electron chi connectivity index (χ0n) is 15.3. The van der Waals surface area contributed by atoms with E-state index in [0.717, 1.165) is 13.2 Å². The Morgan fingerprint density at radius 2 is 1.88 bits per heavy atom. The molecule has 0 aliphatic carbocycles. The lowest BCUT2D eigenvalue weighted by Gasteiger charge is -2.44. The van der Waals surface area contributed by atoms with Crippen LogP contribution in [0.25, 0.3) is 10.8 Å². The number of hydrogen-bond donors (Lipinski definition) is 0. The minimum atomic E-state index is -2.30. The van der Waals surface area contributed by atoms with Crippen molar-refractivity contribution in [2.75, 3.05) is 27.4 Å². The summed E-state index contributed by atoms with van der Waals surface area (Å²) in [7, 11) is 1.42. The number of nitrogens with zero attached hydrogens (tertiary/aromatic N) is 1. The van der Waals surface area contributed by atoms with Gasteiger partial charge in [-0.2, -0.15) is 0 Å². The number of rotatable bonds is 6. The van der Waals surface area contributed by atoms with Crippen molar-refractivity contribution in [3.05, 3.63) is 42.5 Å². The van der Waals surface area contributed by atoms with Gasteiger partial charge in [0, 0.05) is 20.3 Å². The lowest BCUT2D eigenvalue weighted by Crippen LogP contribution is -2.68. The first-order valence-electron chi connectivity index (χ1n) is 8.94. The van der Waals surface area contributed by atoms with Crippen molar-refractivity contribution in [3.63, 3.8) is 0 Å². The molecule has 0 amide bonds. The molecule has 1 fully saturated rings. The van der Waals surface area contributed by atoms with Crippen molar-refractivity contribution in [2.24, 2.45) is 0 Å². The zero-order valence-corrected chi connectivity index (χ0v) is 16.3. The molecule has 2 atom stereocenters. The summed E-state index contributed by atoms with van der Waals surface area (Å²) in [5, 5.41) is 4.04. The molecule has 1 saturated heterocycles. The lowest BCUT2D eigenvalue weighted by atomic mass is 10.1. The van der Waals surface area contributed by atoms with Crippen LogP contribution in [0.2, 0.25) is 5.54 Å². The van der Waals surface area contributed by atoms with Crippen LogP contribution in [0, 0.1) is 0 Å². The van der Waals surface area contributed by atoms with E-state index < -0.39 is 8.48 Å². The van der Waals surface area contributed by atoms with Gasteiger partial charge in [0.25, 0.3) is 0 Å². The fraction of sp³-hybridized carbons (Fsp3) is 0.500. The van der Waals surface area contributed by atoms with Gasteiger partial charge in [0.05, 0.1) is 6.61 Å². The van der Waals surface area contributed by atoms with Gasteiger partial charge in [-0.15, -0.1) is 0 Å². The summed E-state index contributed by atoms with van der Waals surface area (Å²) in [6, 6.07) is 15.8. The highest BCUT2D eigenvalue weighted by molar-refractivity contribution is 6.87. The molecular formula is C20H29NO2Si. The van der Waals surface area contributed by atoms with Crippen molar-refractivity contribution in [1.82, 2.24) is 4.57 Å². The van der Waals surface area contributed by atoms with Gasteiger partial charge in [-0.1, -0.05) is 56.3 Å². The molecule has 130 valence electrons. The van der Waals surface area contributed by atoms with Gasteiger partial charge in [-0.05, 0) is 40.9 Å². The van der Waals surface area contributed by atoms with Crippen LogP contribution in [-0.2, 0) is 9.16 Å². The molecule has 1 unspecified atom stereocenters. The topological polar surface area (TPSA) is 21.7 Å². The standard InChI is InChI=1S/C20H29NO2Si/c1-16(2)24(23-4,21-14-8-11-18(21)15-22-3)20-13-7-10-17-9-5-6-12-19(17)20/h5-7,9-10,12-13,16,18H,8,11,14-15H2,1-4H3/t18-,24?/m0/s1. The molecule has 1 aliphatic rings.